The highest BCUT2D eigenvalue weighted by Crippen LogP contribution is 2.03. The van der Waals surface area contributed by atoms with Gasteiger partial charge in [0.2, 0.25) is 5.91 Å². The Morgan fingerprint density at radius 2 is 2.28 bits per heavy atom. The summed E-state index contributed by atoms with van der Waals surface area (Å²) in [4.78, 5) is 17.8. The molecule has 0 saturated carbocycles. The van der Waals surface area contributed by atoms with Gasteiger partial charge < -0.3 is 9.47 Å². The molecule has 2 aromatic heterocycles. The summed E-state index contributed by atoms with van der Waals surface area (Å²) in [7, 11) is 3.65. The molecule has 0 radical (unpaired) electrons. The number of imidazole rings is 1. The Hall–Kier alpha value is -2.11. The predicted octanol–water partition coefficient (Wildman–Crippen LogP) is 0.584. The van der Waals surface area contributed by atoms with E-state index in [1.165, 1.54) is 0 Å². The monoisotopic (exact) mass is 247 g/mol. The molecule has 18 heavy (non-hydrogen) atoms. The van der Waals surface area contributed by atoms with E-state index in [0.29, 0.717) is 13.1 Å². The van der Waals surface area contributed by atoms with Crippen molar-refractivity contribution in [2.75, 3.05) is 7.05 Å². The highest BCUT2D eigenvalue weighted by Gasteiger charge is 2.11. The fourth-order valence-electron chi connectivity index (χ4n) is 1.75. The summed E-state index contributed by atoms with van der Waals surface area (Å²) in [5, 5.41) is 4.08. The molecule has 0 spiro atoms. The second-order valence-corrected chi connectivity index (χ2v) is 4.37. The molecule has 0 aliphatic rings. The fraction of sp³-hybridized carbons (Fsp3) is 0.417. The first-order valence-electron chi connectivity index (χ1n) is 5.75. The van der Waals surface area contributed by atoms with Crippen LogP contribution < -0.4 is 0 Å². The van der Waals surface area contributed by atoms with Gasteiger partial charge in [-0.3, -0.25) is 9.48 Å². The molecule has 0 bridgehead atoms. The summed E-state index contributed by atoms with van der Waals surface area (Å²) in [5.41, 5.74) is 1.02. The van der Waals surface area contributed by atoms with Crippen molar-refractivity contribution in [1.29, 1.82) is 0 Å². The molecular formula is C12H17N5O. The van der Waals surface area contributed by atoms with E-state index in [4.69, 9.17) is 0 Å². The summed E-state index contributed by atoms with van der Waals surface area (Å²) in [6.45, 7) is 2.78. The highest BCUT2D eigenvalue weighted by atomic mass is 16.2. The molecule has 2 heterocycles. The highest BCUT2D eigenvalue weighted by molar-refractivity contribution is 5.75. The molecule has 0 unspecified atom stereocenters. The SMILES string of the molecule is Cc1nccn1CC(=O)N(C)Cc1cnn(C)c1. The Morgan fingerprint density at radius 1 is 1.50 bits per heavy atom. The van der Waals surface area contributed by atoms with Crippen LogP contribution in [0.3, 0.4) is 0 Å². The normalized spacial score (nSPS) is 10.6. The van der Waals surface area contributed by atoms with Crippen LogP contribution in [0.25, 0.3) is 0 Å². The molecule has 0 saturated heterocycles. The summed E-state index contributed by atoms with van der Waals surface area (Å²) < 4.78 is 3.57. The largest absolute Gasteiger partial charge is 0.340 e. The first-order chi connectivity index (χ1) is 8.56. The van der Waals surface area contributed by atoms with E-state index in [0.717, 1.165) is 11.4 Å². The zero-order valence-electron chi connectivity index (χ0n) is 10.9. The summed E-state index contributed by atoms with van der Waals surface area (Å²) >= 11 is 0. The zero-order chi connectivity index (χ0) is 13.1. The molecule has 1 amide bonds. The van der Waals surface area contributed by atoms with Crippen LogP contribution in [0.2, 0.25) is 0 Å². The number of amides is 1. The number of nitrogens with zero attached hydrogens (tertiary/aromatic N) is 5. The topological polar surface area (TPSA) is 56.0 Å². The third-order valence-corrected chi connectivity index (χ3v) is 2.83. The van der Waals surface area contributed by atoms with Gasteiger partial charge in [0.05, 0.1) is 6.20 Å². The Morgan fingerprint density at radius 3 is 2.83 bits per heavy atom. The van der Waals surface area contributed by atoms with E-state index in [1.54, 1.807) is 29.0 Å². The predicted molar refractivity (Wildman–Crippen MR) is 66.6 cm³/mol. The number of carbonyl (C=O) groups is 1. The zero-order valence-corrected chi connectivity index (χ0v) is 10.9. The van der Waals surface area contributed by atoms with Gasteiger partial charge in [-0.1, -0.05) is 0 Å². The van der Waals surface area contributed by atoms with E-state index in [2.05, 4.69) is 10.1 Å². The van der Waals surface area contributed by atoms with E-state index in [1.807, 2.05) is 30.9 Å². The smallest absolute Gasteiger partial charge is 0.242 e. The second kappa shape index (κ2) is 5.03. The van der Waals surface area contributed by atoms with Crippen molar-refractivity contribution in [3.63, 3.8) is 0 Å². The van der Waals surface area contributed by atoms with Gasteiger partial charge in [0.25, 0.3) is 0 Å². The Bertz CT molecular complexity index is 542. The molecule has 0 aliphatic heterocycles. The standard InChI is InChI=1S/C12H17N5O/c1-10-13-4-5-17(10)9-12(18)15(2)7-11-6-14-16(3)8-11/h4-6,8H,7,9H2,1-3H3. The first kappa shape index (κ1) is 12.3. The molecule has 0 aliphatic carbocycles. The third-order valence-electron chi connectivity index (χ3n) is 2.83. The number of hydrogen-bond donors (Lipinski definition) is 0. The number of aryl methyl sites for hydroxylation is 2. The van der Waals surface area contributed by atoms with Gasteiger partial charge in [0.15, 0.2) is 0 Å². The molecule has 2 rings (SSSR count). The lowest BCUT2D eigenvalue weighted by atomic mass is 10.3. The van der Waals surface area contributed by atoms with Gasteiger partial charge >= 0.3 is 0 Å². The van der Waals surface area contributed by atoms with Crippen molar-refractivity contribution in [3.8, 4) is 0 Å². The van der Waals surface area contributed by atoms with Crippen molar-refractivity contribution in [3.05, 3.63) is 36.2 Å². The third kappa shape index (κ3) is 2.77. The lowest BCUT2D eigenvalue weighted by Crippen LogP contribution is -2.29. The van der Waals surface area contributed by atoms with Gasteiger partial charge in [-0.05, 0) is 6.92 Å². The summed E-state index contributed by atoms with van der Waals surface area (Å²) in [6, 6.07) is 0. The first-order valence-corrected chi connectivity index (χ1v) is 5.75. The minimum Gasteiger partial charge on any atom is -0.340 e. The molecule has 0 aromatic carbocycles. The van der Waals surface area contributed by atoms with Crippen molar-refractivity contribution in [2.24, 2.45) is 7.05 Å². The van der Waals surface area contributed by atoms with Crippen LogP contribution in [0.4, 0.5) is 0 Å². The lowest BCUT2D eigenvalue weighted by Gasteiger charge is -2.16. The Labute approximate surface area is 106 Å². The average Bonchev–Trinajstić information content (AvgIpc) is 2.89. The van der Waals surface area contributed by atoms with Crippen LogP contribution in [0.5, 0.6) is 0 Å². The second-order valence-electron chi connectivity index (χ2n) is 4.37. The van der Waals surface area contributed by atoms with Gasteiger partial charge in [0, 0.05) is 44.8 Å². The lowest BCUT2D eigenvalue weighted by molar-refractivity contribution is -0.131. The van der Waals surface area contributed by atoms with Gasteiger partial charge in [-0.2, -0.15) is 5.10 Å². The van der Waals surface area contributed by atoms with Crippen LogP contribution in [-0.4, -0.2) is 37.2 Å². The van der Waals surface area contributed by atoms with E-state index in [9.17, 15) is 4.79 Å². The van der Waals surface area contributed by atoms with Gasteiger partial charge in [-0.25, -0.2) is 4.98 Å². The minimum atomic E-state index is 0.0555. The summed E-state index contributed by atoms with van der Waals surface area (Å²) in [5.74, 6) is 0.901. The quantitative estimate of drug-likeness (QED) is 0.794. The summed E-state index contributed by atoms with van der Waals surface area (Å²) in [6.07, 6.45) is 7.19. The van der Waals surface area contributed by atoms with E-state index >= 15 is 0 Å². The van der Waals surface area contributed by atoms with Crippen LogP contribution in [-0.2, 0) is 24.9 Å². The number of hydrogen-bond acceptors (Lipinski definition) is 3. The molecular weight excluding hydrogens is 230 g/mol. The molecule has 6 heteroatoms. The van der Waals surface area contributed by atoms with Crippen molar-refractivity contribution in [1.82, 2.24) is 24.2 Å². The molecule has 2 aromatic rings. The van der Waals surface area contributed by atoms with Crippen LogP contribution in [0.1, 0.15) is 11.4 Å². The molecule has 6 nitrogen and oxygen atoms in total. The molecule has 0 fully saturated rings. The molecule has 96 valence electrons. The van der Waals surface area contributed by atoms with Crippen LogP contribution in [0, 0.1) is 6.92 Å². The maximum Gasteiger partial charge on any atom is 0.242 e. The maximum atomic E-state index is 12.0. The van der Waals surface area contributed by atoms with Crippen molar-refractivity contribution >= 4 is 5.91 Å². The van der Waals surface area contributed by atoms with E-state index < -0.39 is 0 Å². The van der Waals surface area contributed by atoms with Crippen LogP contribution >= 0.6 is 0 Å². The number of aromatic nitrogens is 4. The number of rotatable bonds is 4. The molecule has 0 N–H and O–H groups in total. The van der Waals surface area contributed by atoms with E-state index in [-0.39, 0.29) is 5.91 Å². The fourth-order valence-corrected chi connectivity index (χ4v) is 1.75. The van der Waals surface area contributed by atoms with Crippen LogP contribution in [0.15, 0.2) is 24.8 Å². The van der Waals surface area contributed by atoms with Crippen molar-refractivity contribution in [2.45, 2.75) is 20.0 Å². The average molecular weight is 247 g/mol. The minimum absolute atomic E-state index is 0.0555. The number of carbonyl (C=O) groups excluding carboxylic acids is 1. The maximum absolute atomic E-state index is 12.0. The van der Waals surface area contributed by atoms with Gasteiger partial charge in [0.1, 0.15) is 12.4 Å². The van der Waals surface area contributed by atoms with Gasteiger partial charge in [-0.15, -0.1) is 0 Å². The number of likely N-dealkylation sites (N-methyl/N-ethyl adjacent to an activating group) is 1. The Kier molecular flexibility index (Phi) is 3.45. The van der Waals surface area contributed by atoms with Crippen molar-refractivity contribution < 1.29 is 4.79 Å². The molecule has 0 atom stereocenters. The Balaban J connectivity index is 1.95.